The molecule has 5 atom stereocenters. The van der Waals surface area contributed by atoms with Crippen LogP contribution in [-0.2, 0) is 56.6 Å². The summed E-state index contributed by atoms with van der Waals surface area (Å²) in [6.07, 6.45) is -1.91. The van der Waals surface area contributed by atoms with Crippen molar-refractivity contribution in [2.45, 2.75) is 53.0 Å². The number of aromatic carboxylic acids is 1. The number of ether oxygens (including phenoxy) is 2. The Morgan fingerprint density at radius 3 is 2.22 bits per heavy atom. The topological polar surface area (TPSA) is 416 Å². The Balaban J connectivity index is 1.30. The summed E-state index contributed by atoms with van der Waals surface area (Å²) in [5.41, 5.74) is 3.23. The Bertz CT molecular complexity index is 2910. The van der Waals surface area contributed by atoms with E-state index in [2.05, 4.69) is 18.5 Å². The quantitative estimate of drug-likeness (QED) is 0.00941. The molecule has 5 rings (SSSR count). The summed E-state index contributed by atoms with van der Waals surface area (Å²) in [5.74, 6) is -3.17. The van der Waals surface area contributed by atoms with Crippen molar-refractivity contribution >= 4 is 102 Å². The predicted octanol–water partition coefficient (Wildman–Crippen LogP) is 3.32. The molecule has 2 radical (unpaired) electrons. The van der Waals surface area contributed by atoms with Gasteiger partial charge in [-0.2, -0.15) is 25.5 Å². The number of carbonyl (C=O) groups excluding carboxylic acids is 1. The van der Waals surface area contributed by atoms with Gasteiger partial charge in [0, 0.05) is 39.4 Å². The number of amides is 1. The van der Waals surface area contributed by atoms with Gasteiger partial charge in [-0.15, -0.1) is 0 Å². The summed E-state index contributed by atoms with van der Waals surface area (Å²) in [7, 11) is -19.1. The van der Waals surface area contributed by atoms with Crippen LogP contribution in [0.4, 0.5) is 5.69 Å². The number of carboxylic acid groups (broad SMARTS) is 1. The molecule has 1 aliphatic carbocycles. The Morgan fingerprint density at radius 2 is 1.61 bits per heavy atom. The van der Waals surface area contributed by atoms with Gasteiger partial charge in [0.2, 0.25) is 0 Å². The van der Waals surface area contributed by atoms with Gasteiger partial charge in [0.1, 0.15) is 19.9 Å². The largest absolute Gasteiger partial charge is 0.490 e. The Labute approximate surface area is 371 Å². The zero-order valence-corrected chi connectivity index (χ0v) is 38.4. The van der Waals surface area contributed by atoms with E-state index >= 15 is 0 Å². The van der Waals surface area contributed by atoms with Gasteiger partial charge in [-0.1, -0.05) is 27.7 Å². The Morgan fingerprint density at radius 1 is 0.969 bits per heavy atom. The van der Waals surface area contributed by atoms with Crippen molar-refractivity contribution < 1.29 is 101 Å². The molecule has 64 heavy (non-hydrogen) atoms. The number of hydrogen-bond acceptors (Lipinski definition) is 19. The maximum absolute atomic E-state index is 13.4. The second-order valence-corrected chi connectivity index (χ2v) is 24.1. The van der Waals surface area contributed by atoms with Crippen LogP contribution < -0.4 is 16.4 Å². The number of rotatable bonds is 19. The second-order valence-electron chi connectivity index (χ2n) is 14.0. The van der Waals surface area contributed by atoms with Crippen LogP contribution in [0.5, 0.6) is 0 Å². The van der Waals surface area contributed by atoms with Crippen LogP contribution in [0.2, 0.25) is 0 Å². The lowest BCUT2D eigenvalue weighted by molar-refractivity contribution is -0.0237. The fourth-order valence-corrected chi connectivity index (χ4v) is 12.8. The lowest BCUT2D eigenvalue weighted by Crippen LogP contribution is -2.36. The van der Waals surface area contributed by atoms with Crippen LogP contribution in [0.25, 0.3) is 33.4 Å². The lowest BCUT2D eigenvalue weighted by Gasteiger charge is -2.25. The molecule has 3 unspecified atom stereocenters. The summed E-state index contributed by atoms with van der Waals surface area (Å²) in [4.78, 5) is 60.5. The predicted molar refractivity (Wildman–Crippen MR) is 225 cm³/mol. The summed E-state index contributed by atoms with van der Waals surface area (Å²) in [6.45, 7) is 2.67. The zero-order chi connectivity index (χ0) is 48.0. The first-order valence-corrected chi connectivity index (χ1v) is 27.1. The van der Waals surface area contributed by atoms with Crippen molar-refractivity contribution in [3.63, 3.8) is 0 Å². The molecule has 2 aromatic carbocycles. The first-order valence-electron chi connectivity index (χ1n) is 17.4. The van der Waals surface area contributed by atoms with Gasteiger partial charge >= 0.3 is 29.4 Å². The maximum Gasteiger partial charge on any atom is 0.490 e. The fraction of sp³-hybridized carbons (Fsp3) is 0.323. The molecule has 2 heterocycles. The standard InChI is InChI=1S/C31H35BN3O22P3S4/c1-31(2,62-61-13-52-21-10-23(32)54-22(21)11-53-59(42,43)57-60(44,45)56-58(39,40)41)12-35-29(36)14-3-4-15(18(9-14)30(37)38)24-16-5-7-19(33)27(63(46,47)48)25(16)55-26-17(24)6-8-20(34)28(26)64(49,50)51/h3-9,21-23,33H,10-13,34H2,1-2H3,(H,35,36)(H,37,38)(H,42,43)(H,44,45)(H2,39,40,41)(H,46,47,48)(H,49,50,51)/t21?,22-,23-/m1/s1. The monoisotopic (exact) mass is 1030 g/mol. The third-order valence-corrected chi connectivity index (χ3v) is 17.2. The highest BCUT2D eigenvalue weighted by Gasteiger charge is 2.43. The second kappa shape index (κ2) is 19.2. The van der Waals surface area contributed by atoms with Gasteiger partial charge < -0.3 is 49.6 Å². The number of nitrogens with two attached hydrogens (primary N) is 1. The number of fused-ring (bicyclic) bond motifs is 2. The van der Waals surface area contributed by atoms with Gasteiger partial charge in [-0.25, -0.2) is 18.5 Å². The Hall–Kier alpha value is -3.22. The SMILES string of the molecule is [B][C@H]1CC(OCSSC(C)(C)CNC(=O)c2ccc(-c3c4ccc(=N)c(S(=O)(=O)O)c-4oc4c(S(=O)(=O)O)c(N)ccc34)c(C(=O)O)c2)[C@@H](COP(=O)(O)OP(=O)(O)OP(=O)(O)O)O1. The normalized spacial score (nSPS) is 19.3. The highest BCUT2D eigenvalue weighted by molar-refractivity contribution is 8.77. The van der Waals surface area contributed by atoms with Crippen LogP contribution in [0.15, 0.2) is 56.7 Å². The molecule has 0 bridgehead atoms. The number of nitrogen functional groups attached to an aromatic ring is 1. The highest BCUT2D eigenvalue weighted by atomic mass is 33.1. The number of carbonyl (C=O) groups is 2. The third-order valence-electron chi connectivity index (χ3n) is 8.63. The summed E-state index contributed by atoms with van der Waals surface area (Å²) >= 11 is 0. The van der Waals surface area contributed by atoms with Crippen LogP contribution >= 0.6 is 45.1 Å². The van der Waals surface area contributed by atoms with Gasteiger partial charge in [-0.3, -0.25) is 23.8 Å². The van der Waals surface area contributed by atoms with Crippen molar-refractivity contribution in [2.24, 2.45) is 0 Å². The van der Waals surface area contributed by atoms with E-state index in [9.17, 15) is 64.1 Å². The fourth-order valence-electron chi connectivity index (χ4n) is 6.14. The van der Waals surface area contributed by atoms with Crippen molar-refractivity contribution in [1.82, 2.24) is 5.32 Å². The molecule has 1 saturated heterocycles. The molecule has 33 heteroatoms. The average Bonchev–Trinajstić information content (AvgIpc) is 3.49. The van der Waals surface area contributed by atoms with Gasteiger partial charge in [0.15, 0.2) is 21.1 Å². The number of phosphoric ester groups is 1. The van der Waals surface area contributed by atoms with Crippen LogP contribution in [0, 0.1) is 5.41 Å². The molecule has 348 valence electrons. The Kier molecular flexibility index (Phi) is 15.5. The minimum atomic E-state index is -5.75. The van der Waals surface area contributed by atoms with Crippen LogP contribution in [0.3, 0.4) is 0 Å². The first-order chi connectivity index (χ1) is 29.3. The van der Waals surface area contributed by atoms with Crippen molar-refractivity contribution in [1.29, 1.82) is 5.41 Å². The van der Waals surface area contributed by atoms with E-state index in [-0.39, 0.29) is 46.5 Å². The molecule has 3 aliphatic rings. The number of phosphoric acid groups is 3. The van der Waals surface area contributed by atoms with Gasteiger partial charge in [0.25, 0.3) is 26.1 Å². The molecule has 25 nitrogen and oxygen atoms in total. The van der Waals surface area contributed by atoms with E-state index in [0.717, 1.165) is 35.1 Å². The lowest BCUT2D eigenvalue weighted by atomic mass is 9.89. The van der Waals surface area contributed by atoms with Crippen molar-refractivity contribution in [2.75, 3.05) is 24.8 Å². The number of carboxylic acids is 1. The molecule has 11 N–H and O–H groups in total. The molecule has 2 aliphatic heterocycles. The first kappa shape index (κ1) is 51.8. The molecule has 0 saturated carbocycles. The molecular weight excluding hydrogens is 998 g/mol. The number of benzene rings is 3. The molecule has 1 amide bonds. The van der Waals surface area contributed by atoms with E-state index in [4.69, 9.17) is 42.7 Å². The maximum atomic E-state index is 13.4. The summed E-state index contributed by atoms with van der Waals surface area (Å²) in [5, 5.41) is 20.2. The molecule has 0 spiro atoms. The van der Waals surface area contributed by atoms with E-state index in [1.54, 1.807) is 13.8 Å². The van der Waals surface area contributed by atoms with Crippen LogP contribution in [-0.4, -0.2) is 112 Å². The van der Waals surface area contributed by atoms with E-state index in [1.807, 2.05) is 0 Å². The molecular formula is C31H35BN3O22P3S4. The van der Waals surface area contributed by atoms with E-state index < -0.39 is 123 Å². The van der Waals surface area contributed by atoms with Crippen molar-refractivity contribution in [3.05, 3.63) is 58.9 Å². The number of nitrogens with one attached hydrogen (secondary N) is 2. The zero-order valence-electron chi connectivity index (χ0n) is 32.5. The third kappa shape index (κ3) is 12.8. The highest BCUT2D eigenvalue weighted by Crippen LogP contribution is 2.66. The van der Waals surface area contributed by atoms with Gasteiger partial charge in [0.05, 0.1) is 29.3 Å². The van der Waals surface area contributed by atoms with Crippen LogP contribution in [0.1, 0.15) is 41.0 Å². The minimum absolute atomic E-state index is 0.0169. The number of hydrogen-bond donors (Lipinski definition) is 10. The summed E-state index contributed by atoms with van der Waals surface area (Å²) < 4.78 is 133. The molecule has 1 fully saturated rings. The molecule has 2 aromatic rings. The van der Waals surface area contributed by atoms with E-state index in [1.165, 1.54) is 29.0 Å². The number of anilines is 1. The molecule has 0 aromatic heterocycles. The smallest absolute Gasteiger partial charge is 0.478 e. The minimum Gasteiger partial charge on any atom is -0.478 e. The van der Waals surface area contributed by atoms with Crippen molar-refractivity contribution in [3.8, 4) is 22.5 Å². The van der Waals surface area contributed by atoms with Gasteiger partial charge in [-0.05, 0) is 62.2 Å². The average molecular weight is 1030 g/mol. The summed E-state index contributed by atoms with van der Waals surface area (Å²) in [6, 6.07) is 6.87. The van der Waals surface area contributed by atoms with E-state index in [0.29, 0.717) is 0 Å².